The number of hydrogen-bond donors (Lipinski definition) is 2. The quantitative estimate of drug-likeness (QED) is 0.727. The van der Waals surface area contributed by atoms with Crippen LogP contribution in [0, 0.1) is 12.3 Å². The molecule has 3 heteroatoms. The van der Waals surface area contributed by atoms with Crippen LogP contribution in [0.4, 0.5) is 0 Å². The number of nitrogens with one attached hydrogen (secondary N) is 1. The Morgan fingerprint density at radius 1 is 1.33 bits per heavy atom. The third-order valence-corrected chi connectivity index (χ3v) is 4.54. The summed E-state index contributed by atoms with van der Waals surface area (Å²) in [4.78, 5) is 11.5. The van der Waals surface area contributed by atoms with Crippen molar-refractivity contribution in [3.05, 3.63) is 35.4 Å². The summed E-state index contributed by atoms with van der Waals surface area (Å²) >= 11 is 0. The van der Waals surface area contributed by atoms with Crippen LogP contribution >= 0.6 is 0 Å². The number of carboxylic acids is 1. The SMILES string of the molecule is CCC(CC)(CNC(C)CCc1cccc(C)c1)C(=O)O. The van der Waals surface area contributed by atoms with E-state index in [0.717, 1.165) is 12.8 Å². The van der Waals surface area contributed by atoms with Gasteiger partial charge in [0.2, 0.25) is 0 Å². The van der Waals surface area contributed by atoms with Crippen LogP contribution in [0.1, 0.15) is 51.2 Å². The van der Waals surface area contributed by atoms with Crippen molar-refractivity contribution in [3.63, 3.8) is 0 Å². The number of carboxylic acid groups (broad SMARTS) is 1. The molecule has 0 heterocycles. The standard InChI is InChI=1S/C18H29NO2/c1-5-18(6-2,17(20)21)13-19-15(4)10-11-16-9-7-8-14(3)12-16/h7-9,12,15,19H,5-6,10-11,13H2,1-4H3,(H,20,21). The van der Waals surface area contributed by atoms with Crippen LogP contribution in [0.3, 0.4) is 0 Å². The van der Waals surface area contributed by atoms with Gasteiger partial charge in [0.1, 0.15) is 0 Å². The molecule has 0 radical (unpaired) electrons. The lowest BCUT2D eigenvalue weighted by Gasteiger charge is -2.29. The highest BCUT2D eigenvalue weighted by atomic mass is 16.4. The lowest BCUT2D eigenvalue weighted by Crippen LogP contribution is -2.43. The summed E-state index contributed by atoms with van der Waals surface area (Å²) in [7, 11) is 0. The molecule has 0 aliphatic heterocycles. The highest BCUT2D eigenvalue weighted by Gasteiger charge is 2.34. The van der Waals surface area contributed by atoms with Crippen molar-refractivity contribution in [3.8, 4) is 0 Å². The molecule has 2 N–H and O–H groups in total. The summed E-state index contributed by atoms with van der Waals surface area (Å²) in [5.74, 6) is -0.689. The van der Waals surface area contributed by atoms with Gasteiger partial charge in [-0.15, -0.1) is 0 Å². The molecule has 3 nitrogen and oxygen atoms in total. The highest BCUT2D eigenvalue weighted by molar-refractivity contribution is 5.74. The van der Waals surface area contributed by atoms with Crippen molar-refractivity contribution >= 4 is 5.97 Å². The first-order valence-corrected chi connectivity index (χ1v) is 7.96. The molecule has 0 fully saturated rings. The summed E-state index contributed by atoms with van der Waals surface area (Å²) in [6.45, 7) is 8.69. The van der Waals surface area contributed by atoms with E-state index in [2.05, 4.69) is 43.4 Å². The zero-order valence-electron chi connectivity index (χ0n) is 13.8. The minimum atomic E-state index is -0.689. The number of carbonyl (C=O) groups is 1. The Morgan fingerprint density at radius 3 is 2.52 bits per heavy atom. The Morgan fingerprint density at radius 2 is 2.00 bits per heavy atom. The van der Waals surface area contributed by atoms with E-state index < -0.39 is 11.4 Å². The van der Waals surface area contributed by atoms with Gasteiger partial charge < -0.3 is 10.4 Å². The summed E-state index contributed by atoms with van der Waals surface area (Å²) in [5.41, 5.74) is 2.01. The fourth-order valence-electron chi connectivity index (χ4n) is 2.60. The molecule has 1 unspecified atom stereocenters. The molecule has 1 aromatic carbocycles. The second-order valence-electron chi connectivity index (χ2n) is 6.10. The first-order valence-electron chi connectivity index (χ1n) is 7.96. The molecule has 0 saturated heterocycles. The van der Waals surface area contributed by atoms with E-state index in [1.807, 2.05) is 13.8 Å². The minimum Gasteiger partial charge on any atom is -0.481 e. The fourth-order valence-corrected chi connectivity index (χ4v) is 2.60. The van der Waals surface area contributed by atoms with Gasteiger partial charge in [0, 0.05) is 12.6 Å². The van der Waals surface area contributed by atoms with Gasteiger partial charge in [-0.05, 0) is 45.1 Å². The molecule has 0 bridgehead atoms. The van der Waals surface area contributed by atoms with Crippen LogP contribution < -0.4 is 5.32 Å². The van der Waals surface area contributed by atoms with Crippen LogP contribution in [0.5, 0.6) is 0 Å². The van der Waals surface area contributed by atoms with Crippen molar-refractivity contribution in [2.24, 2.45) is 5.41 Å². The van der Waals surface area contributed by atoms with Gasteiger partial charge in [-0.1, -0.05) is 43.7 Å². The number of rotatable bonds is 9. The largest absolute Gasteiger partial charge is 0.481 e. The first kappa shape index (κ1) is 17.7. The van der Waals surface area contributed by atoms with Gasteiger partial charge in [-0.25, -0.2) is 0 Å². The van der Waals surface area contributed by atoms with Gasteiger partial charge in [0.15, 0.2) is 0 Å². The molecule has 0 spiro atoms. The van der Waals surface area contributed by atoms with Gasteiger partial charge in [0.05, 0.1) is 5.41 Å². The molecule has 118 valence electrons. The lowest BCUT2D eigenvalue weighted by atomic mass is 9.82. The number of hydrogen-bond acceptors (Lipinski definition) is 2. The zero-order valence-corrected chi connectivity index (χ0v) is 13.8. The Balaban J connectivity index is 2.46. The van der Waals surface area contributed by atoms with E-state index in [0.29, 0.717) is 25.4 Å². The normalized spacial score (nSPS) is 13.1. The van der Waals surface area contributed by atoms with E-state index in [9.17, 15) is 9.90 Å². The predicted molar refractivity (Wildman–Crippen MR) is 87.6 cm³/mol. The van der Waals surface area contributed by atoms with Crippen molar-refractivity contribution < 1.29 is 9.90 Å². The molecular formula is C18H29NO2. The smallest absolute Gasteiger partial charge is 0.310 e. The first-order chi connectivity index (χ1) is 9.93. The molecule has 0 amide bonds. The van der Waals surface area contributed by atoms with Crippen LogP contribution in [0.25, 0.3) is 0 Å². The second kappa shape index (κ2) is 8.18. The maximum absolute atomic E-state index is 11.5. The van der Waals surface area contributed by atoms with E-state index in [-0.39, 0.29) is 0 Å². The average molecular weight is 291 g/mol. The van der Waals surface area contributed by atoms with Crippen LogP contribution in [0.15, 0.2) is 24.3 Å². The molecule has 1 aromatic rings. The highest BCUT2D eigenvalue weighted by Crippen LogP contribution is 2.26. The Kier molecular flexibility index (Phi) is 6.90. The van der Waals surface area contributed by atoms with Crippen LogP contribution in [-0.2, 0) is 11.2 Å². The van der Waals surface area contributed by atoms with Gasteiger partial charge >= 0.3 is 5.97 Å². The van der Waals surface area contributed by atoms with Gasteiger partial charge in [-0.2, -0.15) is 0 Å². The molecule has 0 aliphatic carbocycles. The summed E-state index contributed by atoms with van der Waals surface area (Å²) in [6, 6.07) is 8.88. The number of aliphatic carboxylic acids is 1. The Hall–Kier alpha value is -1.35. The fraction of sp³-hybridized carbons (Fsp3) is 0.611. The van der Waals surface area contributed by atoms with Crippen molar-refractivity contribution in [1.29, 1.82) is 0 Å². The summed E-state index contributed by atoms with van der Waals surface area (Å²) in [5, 5.41) is 12.8. The summed E-state index contributed by atoms with van der Waals surface area (Å²) in [6.07, 6.45) is 3.37. The van der Waals surface area contributed by atoms with Crippen molar-refractivity contribution in [2.75, 3.05) is 6.54 Å². The molecule has 0 aliphatic rings. The van der Waals surface area contributed by atoms with Gasteiger partial charge in [0.25, 0.3) is 0 Å². The maximum atomic E-state index is 11.5. The third-order valence-electron chi connectivity index (χ3n) is 4.54. The predicted octanol–water partition coefficient (Wildman–Crippen LogP) is 3.80. The average Bonchev–Trinajstić information content (AvgIpc) is 2.46. The van der Waals surface area contributed by atoms with E-state index in [4.69, 9.17) is 0 Å². The second-order valence-corrected chi connectivity index (χ2v) is 6.10. The maximum Gasteiger partial charge on any atom is 0.310 e. The van der Waals surface area contributed by atoms with Gasteiger partial charge in [-0.3, -0.25) is 4.79 Å². The molecular weight excluding hydrogens is 262 g/mol. The third kappa shape index (κ3) is 5.16. The minimum absolute atomic E-state index is 0.322. The van der Waals surface area contributed by atoms with E-state index in [1.165, 1.54) is 11.1 Å². The number of aryl methyl sites for hydroxylation is 2. The van der Waals surface area contributed by atoms with E-state index in [1.54, 1.807) is 0 Å². The lowest BCUT2D eigenvalue weighted by molar-refractivity contribution is -0.149. The molecule has 1 atom stereocenters. The molecule has 21 heavy (non-hydrogen) atoms. The molecule has 1 rings (SSSR count). The Bertz CT molecular complexity index is 452. The van der Waals surface area contributed by atoms with Crippen molar-refractivity contribution in [1.82, 2.24) is 5.32 Å². The van der Waals surface area contributed by atoms with Crippen LogP contribution in [-0.4, -0.2) is 23.7 Å². The zero-order chi connectivity index (χ0) is 15.9. The Labute approximate surface area is 128 Å². The van der Waals surface area contributed by atoms with E-state index >= 15 is 0 Å². The van der Waals surface area contributed by atoms with Crippen molar-refractivity contribution in [2.45, 2.75) is 59.4 Å². The van der Waals surface area contributed by atoms with Crippen LogP contribution in [0.2, 0.25) is 0 Å². The molecule has 0 saturated carbocycles. The number of benzene rings is 1. The molecule has 0 aromatic heterocycles. The topological polar surface area (TPSA) is 49.3 Å². The monoisotopic (exact) mass is 291 g/mol. The summed E-state index contributed by atoms with van der Waals surface area (Å²) < 4.78 is 0.